The van der Waals surface area contributed by atoms with Crippen LogP contribution in [-0.4, -0.2) is 16.0 Å². The fourth-order valence-corrected chi connectivity index (χ4v) is 1.92. The van der Waals surface area contributed by atoms with Crippen molar-refractivity contribution in [2.24, 2.45) is 10.9 Å². The van der Waals surface area contributed by atoms with Gasteiger partial charge in [-0.1, -0.05) is 17.3 Å². The summed E-state index contributed by atoms with van der Waals surface area (Å²) < 4.78 is 5.94. The van der Waals surface area contributed by atoms with Crippen LogP contribution >= 0.6 is 0 Å². The van der Waals surface area contributed by atoms with Gasteiger partial charge in [-0.2, -0.15) is 0 Å². The molecule has 0 bridgehead atoms. The number of pyridine rings is 1. The third kappa shape index (κ3) is 2.56. The molecule has 1 aromatic heterocycles. The Kier molecular flexibility index (Phi) is 3.89. The molecular formula is C15H17N3O2. The summed E-state index contributed by atoms with van der Waals surface area (Å²) >= 11 is 0. The summed E-state index contributed by atoms with van der Waals surface area (Å²) in [7, 11) is 0. The van der Waals surface area contributed by atoms with E-state index in [1.54, 1.807) is 18.5 Å². The molecule has 1 heterocycles. The fraction of sp³-hybridized carbons (Fsp3) is 0.200. The highest BCUT2D eigenvalue weighted by Crippen LogP contribution is 2.31. The van der Waals surface area contributed by atoms with Crippen LogP contribution in [0.4, 0.5) is 0 Å². The zero-order chi connectivity index (χ0) is 14.7. The maximum Gasteiger partial charge on any atom is 0.173 e. The van der Waals surface area contributed by atoms with Gasteiger partial charge in [-0.25, -0.2) is 0 Å². The van der Waals surface area contributed by atoms with Gasteiger partial charge in [-0.05, 0) is 43.5 Å². The lowest BCUT2D eigenvalue weighted by Crippen LogP contribution is -2.14. The predicted octanol–water partition coefficient (Wildman–Crippen LogP) is 2.89. The Morgan fingerprint density at radius 3 is 2.60 bits per heavy atom. The van der Waals surface area contributed by atoms with Crippen molar-refractivity contribution in [1.82, 2.24) is 4.98 Å². The number of nitrogens with two attached hydrogens (primary N) is 1. The fourth-order valence-electron chi connectivity index (χ4n) is 1.92. The maximum atomic E-state index is 8.82. The van der Waals surface area contributed by atoms with E-state index in [1.807, 2.05) is 32.9 Å². The first-order chi connectivity index (χ1) is 9.54. The molecule has 0 saturated heterocycles. The topological polar surface area (TPSA) is 80.7 Å². The second-order valence-corrected chi connectivity index (χ2v) is 4.61. The van der Waals surface area contributed by atoms with E-state index in [0.29, 0.717) is 11.3 Å². The summed E-state index contributed by atoms with van der Waals surface area (Å²) in [5, 5.41) is 11.8. The van der Waals surface area contributed by atoms with Crippen LogP contribution in [0.1, 0.15) is 22.3 Å². The Hall–Kier alpha value is -2.56. The molecule has 0 aliphatic heterocycles. The number of benzene rings is 1. The molecule has 0 saturated carbocycles. The van der Waals surface area contributed by atoms with Crippen molar-refractivity contribution in [1.29, 1.82) is 0 Å². The van der Waals surface area contributed by atoms with Crippen LogP contribution in [0.15, 0.2) is 35.7 Å². The molecule has 0 fully saturated rings. The molecule has 5 nitrogen and oxygen atoms in total. The van der Waals surface area contributed by atoms with Crippen molar-refractivity contribution in [2.45, 2.75) is 20.8 Å². The average Bonchev–Trinajstić information content (AvgIpc) is 2.47. The summed E-state index contributed by atoms with van der Waals surface area (Å²) in [6, 6.07) is 5.69. The molecule has 5 heteroatoms. The Bertz CT molecular complexity index is 666. The minimum absolute atomic E-state index is 0.00893. The summed E-state index contributed by atoms with van der Waals surface area (Å²) in [6.07, 6.45) is 3.12. The molecule has 0 spiro atoms. The highest BCUT2D eigenvalue weighted by atomic mass is 16.5. The number of rotatable bonds is 3. The highest BCUT2D eigenvalue weighted by molar-refractivity contribution is 5.99. The first-order valence-electron chi connectivity index (χ1n) is 6.21. The van der Waals surface area contributed by atoms with Crippen molar-refractivity contribution < 1.29 is 9.94 Å². The Morgan fingerprint density at radius 2 is 1.90 bits per heavy atom. The number of nitrogens with zero attached hydrogens (tertiary/aromatic N) is 2. The van der Waals surface area contributed by atoms with Gasteiger partial charge in [0.25, 0.3) is 0 Å². The molecule has 20 heavy (non-hydrogen) atoms. The highest BCUT2D eigenvalue weighted by Gasteiger charge is 2.13. The van der Waals surface area contributed by atoms with Crippen molar-refractivity contribution >= 4 is 5.84 Å². The van der Waals surface area contributed by atoms with Gasteiger partial charge >= 0.3 is 0 Å². The van der Waals surface area contributed by atoms with E-state index in [9.17, 15) is 0 Å². The molecule has 2 rings (SSSR count). The van der Waals surface area contributed by atoms with Gasteiger partial charge in [0.2, 0.25) is 0 Å². The largest absolute Gasteiger partial charge is 0.454 e. The van der Waals surface area contributed by atoms with E-state index in [-0.39, 0.29) is 5.84 Å². The van der Waals surface area contributed by atoms with Gasteiger partial charge < -0.3 is 15.7 Å². The molecular weight excluding hydrogens is 254 g/mol. The molecule has 0 aliphatic carbocycles. The number of ether oxygens (including phenoxy) is 1. The summed E-state index contributed by atoms with van der Waals surface area (Å²) in [5.41, 5.74) is 9.36. The van der Waals surface area contributed by atoms with Crippen LogP contribution < -0.4 is 10.5 Å². The van der Waals surface area contributed by atoms with Crippen molar-refractivity contribution in [2.75, 3.05) is 0 Å². The van der Waals surface area contributed by atoms with Crippen LogP contribution in [0.25, 0.3) is 0 Å². The summed E-state index contributed by atoms with van der Waals surface area (Å²) in [5.74, 6) is 1.22. The van der Waals surface area contributed by atoms with Crippen LogP contribution in [0, 0.1) is 20.8 Å². The molecule has 104 valence electrons. The quantitative estimate of drug-likeness (QED) is 0.389. The predicted molar refractivity (Wildman–Crippen MR) is 77.5 cm³/mol. The molecule has 0 unspecified atom stereocenters. The first kappa shape index (κ1) is 13.9. The van der Waals surface area contributed by atoms with Crippen LogP contribution in [0.5, 0.6) is 11.5 Å². The first-order valence-corrected chi connectivity index (χ1v) is 6.21. The van der Waals surface area contributed by atoms with Gasteiger partial charge in [0.1, 0.15) is 5.75 Å². The maximum absolute atomic E-state index is 8.82. The van der Waals surface area contributed by atoms with Crippen LogP contribution in [-0.2, 0) is 0 Å². The van der Waals surface area contributed by atoms with Gasteiger partial charge in [-0.3, -0.25) is 4.98 Å². The summed E-state index contributed by atoms with van der Waals surface area (Å²) in [4.78, 5) is 4.02. The SMILES string of the molecule is Cc1ccc(C)c(Oc2cnccc2/C(N)=N/O)c1C. The molecule has 2 aromatic rings. The third-order valence-corrected chi connectivity index (χ3v) is 3.25. The number of aryl methyl sites for hydroxylation is 2. The Balaban J connectivity index is 2.49. The monoisotopic (exact) mass is 271 g/mol. The average molecular weight is 271 g/mol. The van der Waals surface area contributed by atoms with Gasteiger partial charge in [0.05, 0.1) is 11.8 Å². The van der Waals surface area contributed by atoms with Crippen LogP contribution in [0.2, 0.25) is 0 Å². The third-order valence-electron chi connectivity index (χ3n) is 3.25. The normalized spacial score (nSPS) is 11.4. The lowest BCUT2D eigenvalue weighted by atomic mass is 10.1. The number of aromatic nitrogens is 1. The second-order valence-electron chi connectivity index (χ2n) is 4.61. The van der Waals surface area contributed by atoms with E-state index in [1.165, 1.54) is 0 Å². The molecule has 3 N–H and O–H groups in total. The van der Waals surface area contributed by atoms with Crippen molar-refractivity contribution in [3.05, 3.63) is 52.8 Å². The van der Waals surface area contributed by atoms with E-state index in [4.69, 9.17) is 15.7 Å². The smallest absolute Gasteiger partial charge is 0.173 e. The molecule has 0 atom stereocenters. The minimum atomic E-state index is -0.00893. The van der Waals surface area contributed by atoms with Gasteiger partial charge in [0.15, 0.2) is 11.6 Å². The lowest BCUT2D eigenvalue weighted by Gasteiger charge is -2.15. The zero-order valence-electron chi connectivity index (χ0n) is 11.7. The minimum Gasteiger partial charge on any atom is -0.454 e. The molecule has 1 aromatic carbocycles. The molecule has 0 amide bonds. The van der Waals surface area contributed by atoms with E-state index >= 15 is 0 Å². The second kappa shape index (κ2) is 5.61. The zero-order valence-corrected chi connectivity index (χ0v) is 11.7. The van der Waals surface area contributed by atoms with Gasteiger partial charge in [0, 0.05) is 6.20 Å². The van der Waals surface area contributed by atoms with Crippen LogP contribution in [0.3, 0.4) is 0 Å². The van der Waals surface area contributed by atoms with Crippen molar-refractivity contribution in [3.63, 3.8) is 0 Å². The van der Waals surface area contributed by atoms with E-state index in [2.05, 4.69) is 10.1 Å². The number of oxime groups is 1. The van der Waals surface area contributed by atoms with E-state index in [0.717, 1.165) is 22.4 Å². The molecule has 0 aliphatic rings. The van der Waals surface area contributed by atoms with E-state index < -0.39 is 0 Å². The number of hydrogen-bond acceptors (Lipinski definition) is 4. The number of amidine groups is 1. The lowest BCUT2D eigenvalue weighted by molar-refractivity contribution is 0.318. The van der Waals surface area contributed by atoms with Crippen molar-refractivity contribution in [3.8, 4) is 11.5 Å². The Morgan fingerprint density at radius 1 is 1.20 bits per heavy atom. The van der Waals surface area contributed by atoms with Gasteiger partial charge in [-0.15, -0.1) is 0 Å². The Labute approximate surface area is 117 Å². The summed E-state index contributed by atoms with van der Waals surface area (Å²) in [6.45, 7) is 5.99. The number of hydrogen-bond donors (Lipinski definition) is 2. The standard InChI is InChI=1S/C15H17N3O2/c1-9-4-5-10(2)14(11(9)3)20-13-8-17-7-6-12(13)15(16)18-19/h4-8,19H,1-3H3,(H2,16,18). The molecule has 0 radical (unpaired) electrons.